The summed E-state index contributed by atoms with van der Waals surface area (Å²) in [6, 6.07) is 2.63. The Morgan fingerprint density at radius 2 is 2.18 bits per heavy atom. The van der Waals surface area contributed by atoms with Crippen LogP contribution in [0.4, 0.5) is 4.39 Å². The van der Waals surface area contributed by atoms with Crippen LogP contribution in [0, 0.1) is 28.6 Å². The van der Waals surface area contributed by atoms with Gasteiger partial charge in [-0.15, -0.1) is 0 Å². The maximum absolute atomic E-state index is 13.6. The fourth-order valence-corrected chi connectivity index (χ4v) is 8.85. The van der Waals surface area contributed by atoms with Gasteiger partial charge in [-0.25, -0.2) is 4.39 Å². The standard InChI is InChI=1S/C26H29FO6S/c1-24-8-7-15(28)10-14(24)5-6-16-17-11-20-26(23(30)34-13-27,25(17,2)12-18(29)21(16)24)33-22(32-20)19-4-3-9-31-19/h3-4,7-10,16-18,20-22,29H,5-6,11-13H2,1-2H3/t16-,17-,18-,20+,21+,22?,24-,25-,26-/m0/s1. The van der Waals surface area contributed by atoms with Gasteiger partial charge in [-0.2, -0.15) is 0 Å². The summed E-state index contributed by atoms with van der Waals surface area (Å²) in [4.78, 5) is 25.6. The van der Waals surface area contributed by atoms with E-state index >= 15 is 0 Å². The summed E-state index contributed by atoms with van der Waals surface area (Å²) < 4.78 is 31.6. The van der Waals surface area contributed by atoms with Crippen molar-refractivity contribution in [1.29, 1.82) is 0 Å². The van der Waals surface area contributed by atoms with Gasteiger partial charge < -0.3 is 19.0 Å². The molecule has 2 heterocycles. The molecule has 5 aliphatic rings. The Balaban J connectivity index is 1.41. The van der Waals surface area contributed by atoms with Crippen molar-refractivity contribution in [2.24, 2.45) is 28.6 Å². The van der Waals surface area contributed by atoms with Crippen LogP contribution < -0.4 is 0 Å². The van der Waals surface area contributed by atoms with Crippen molar-refractivity contribution >= 4 is 22.7 Å². The number of allylic oxidation sites excluding steroid dienone is 4. The van der Waals surface area contributed by atoms with E-state index in [1.165, 1.54) is 6.26 Å². The zero-order valence-corrected chi connectivity index (χ0v) is 20.1. The van der Waals surface area contributed by atoms with Gasteiger partial charge in [0.2, 0.25) is 11.4 Å². The minimum atomic E-state index is -1.37. The van der Waals surface area contributed by atoms with Crippen LogP contribution in [0.1, 0.15) is 51.6 Å². The molecule has 0 amide bonds. The van der Waals surface area contributed by atoms with E-state index in [2.05, 4.69) is 6.92 Å². The normalized spacial score (nSPS) is 46.9. The highest BCUT2D eigenvalue weighted by Crippen LogP contribution is 2.71. The molecule has 1 aliphatic heterocycles. The third kappa shape index (κ3) is 2.80. The molecule has 1 N–H and O–H groups in total. The Morgan fingerprint density at radius 1 is 1.35 bits per heavy atom. The Hall–Kier alpha value is -1.74. The van der Waals surface area contributed by atoms with E-state index in [0.717, 1.165) is 18.4 Å². The molecule has 0 radical (unpaired) electrons. The van der Waals surface area contributed by atoms with E-state index in [1.54, 1.807) is 24.3 Å². The van der Waals surface area contributed by atoms with Gasteiger partial charge in [0.05, 0.1) is 18.5 Å². The second-order valence-electron chi connectivity index (χ2n) is 10.8. The average molecular weight is 489 g/mol. The number of hydrogen-bond donors (Lipinski definition) is 1. The lowest BCUT2D eigenvalue weighted by Gasteiger charge is -2.59. The molecule has 4 aliphatic carbocycles. The van der Waals surface area contributed by atoms with Crippen molar-refractivity contribution in [2.45, 2.75) is 63.6 Å². The van der Waals surface area contributed by atoms with Gasteiger partial charge in [-0.1, -0.05) is 37.3 Å². The molecule has 1 saturated heterocycles. The fourth-order valence-electron chi connectivity index (χ4n) is 8.13. The van der Waals surface area contributed by atoms with E-state index in [9.17, 15) is 19.1 Å². The average Bonchev–Trinajstić information content (AvgIpc) is 3.49. The molecule has 4 fully saturated rings. The van der Waals surface area contributed by atoms with Gasteiger partial charge in [-0.3, -0.25) is 9.59 Å². The number of hydrogen-bond acceptors (Lipinski definition) is 7. The Bertz CT molecular complexity index is 1080. The Morgan fingerprint density at radius 3 is 2.91 bits per heavy atom. The van der Waals surface area contributed by atoms with E-state index in [4.69, 9.17) is 13.9 Å². The van der Waals surface area contributed by atoms with Crippen LogP contribution in [0.15, 0.2) is 46.6 Å². The molecule has 3 saturated carbocycles. The van der Waals surface area contributed by atoms with Crippen molar-refractivity contribution in [1.82, 2.24) is 0 Å². The number of ketones is 1. The topological polar surface area (TPSA) is 86.0 Å². The van der Waals surface area contributed by atoms with E-state index in [0.29, 0.717) is 30.4 Å². The highest BCUT2D eigenvalue weighted by atomic mass is 32.2. The highest BCUT2D eigenvalue weighted by molar-refractivity contribution is 8.13. The number of thioether (sulfide) groups is 1. The Labute approximate surface area is 201 Å². The number of halogens is 1. The first-order chi connectivity index (χ1) is 16.2. The van der Waals surface area contributed by atoms with Gasteiger partial charge in [-0.05, 0) is 61.8 Å². The number of rotatable bonds is 3. The van der Waals surface area contributed by atoms with Gasteiger partial charge in [0.15, 0.2) is 17.1 Å². The summed E-state index contributed by atoms with van der Waals surface area (Å²) in [5.41, 5.74) is -1.43. The molecular formula is C26H29FO6S. The van der Waals surface area contributed by atoms with E-state index < -0.39 is 40.9 Å². The molecule has 1 aromatic rings. The molecule has 0 aromatic carbocycles. The quantitative estimate of drug-likeness (QED) is 0.670. The van der Waals surface area contributed by atoms with Crippen molar-refractivity contribution in [2.75, 3.05) is 6.01 Å². The molecule has 0 bridgehead atoms. The molecule has 34 heavy (non-hydrogen) atoms. The number of fused-ring (bicyclic) bond motifs is 7. The molecule has 1 aromatic heterocycles. The van der Waals surface area contributed by atoms with Gasteiger partial charge in [0, 0.05) is 16.7 Å². The first kappa shape index (κ1) is 22.7. The van der Waals surface area contributed by atoms with Crippen LogP contribution in [0.5, 0.6) is 0 Å². The van der Waals surface area contributed by atoms with Crippen LogP contribution in [-0.4, -0.2) is 39.8 Å². The number of carbonyl (C=O) groups is 2. The van der Waals surface area contributed by atoms with E-state index in [-0.39, 0.29) is 28.7 Å². The third-order valence-electron chi connectivity index (χ3n) is 9.50. The number of ether oxygens (including phenoxy) is 2. The minimum Gasteiger partial charge on any atom is -0.464 e. The summed E-state index contributed by atoms with van der Waals surface area (Å²) in [6.07, 6.45) is 7.24. The van der Waals surface area contributed by atoms with E-state index in [1.807, 2.05) is 13.0 Å². The fraction of sp³-hybridized carbons (Fsp3) is 0.615. The molecule has 9 atom stereocenters. The second kappa shape index (κ2) is 7.63. The van der Waals surface area contributed by atoms with Crippen LogP contribution in [-0.2, 0) is 19.1 Å². The second-order valence-corrected chi connectivity index (χ2v) is 11.7. The molecule has 6 rings (SSSR count). The lowest BCUT2D eigenvalue weighted by Crippen LogP contribution is -2.62. The summed E-state index contributed by atoms with van der Waals surface area (Å²) in [5.74, 6) is 0.564. The monoisotopic (exact) mass is 488 g/mol. The molecule has 6 nitrogen and oxygen atoms in total. The molecule has 8 heteroatoms. The van der Waals surface area contributed by atoms with Gasteiger partial charge in [0.1, 0.15) is 6.01 Å². The van der Waals surface area contributed by atoms with Crippen molar-refractivity contribution in [3.05, 3.63) is 48.0 Å². The van der Waals surface area contributed by atoms with Crippen molar-refractivity contribution < 1.29 is 33.0 Å². The lowest BCUT2D eigenvalue weighted by atomic mass is 9.46. The van der Waals surface area contributed by atoms with Crippen LogP contribution in [0.25, 0.3) is 0 Å². The molecular weight excluding hydrogens is 459 g/mol. The number of aliphatic hydroxyl groups is 1. The van der Waals surface area contributed by atoms with Crippen LogP contribution in [0.2, 0.25) is 0 Å². The summed E-state index contributed by atoms with van der Waals surface area (Å²) in [5, 5.41) is 11.3. The summed E-state index contributed by atoms with van der Waals surface area (Å²) >= 11 is 0.617. The first-order valence-electron chi connectivity index (χ1n) is 12.0. The first-order valence-corrected chi connectivity index (χ1v) is 13.0. The predicted octanol–water partition coefficient (Wildman–Crippen LogP) is 4.51. The predicted molar refractivity (Wildman–Crippen MR) is 122 cm³/mol. The van der Waals surface area contributed by atoms with Crippen LogP contribution >= 0.6 is 11.8 Å². The Kier molecular flexibility index (Phi) is 5.09. The smallest absolute Gasteiger partial charge is 0.226 e. The van der Waals surface area contributed by atoms with Crippen LogP contribution in [0.3, 0.4) is 0 Å². The van der Waals surface area contributed by atoms with Crippen molar-refractivity contribution in [3.8, 4) is 0 Å². The highest BCUT2D eigenvalue weighted by Gasteiger charge is 2.76. The molecule has 1 unspecified atom stereocenters. The minimum absolute atomic E-state index is 0.00461. The van der Waals surface area contributed by atoms with Gasteiger partial charge in [0.25, 0.3) is 0 Å². The number of furan rings is 1. The number of alkyl halides is 1. The zero-order valence-electron chi connectivity index (χ0n) is 19.2. The zero-order chi connectivity index (χ0) is 23.9. The number of aliphatic hydroxyl groups excluding tert-OH is 1. The number of carbonyl (C=O) groups excluding carboxylic acids is 2. The lowest BCUT2D eigenvalue weighted by molar-refractivity contribution is -0.197. The maximum Gasteiger partial charge on any atom is 0.226 e. The maximum atomic E-state index is 13.6. The summed E-state index contributed by atoms with van der Waals surface area (Å²) in [6.45, 7) is 4.12. The third-order valence-corrected chi connectivity index (χ3v) is 10.2. The molecule has 0 spiro atoms. The molecule has 182 valence electrons. The summed E-state index contributed by atoms with van der Waals surface area (Å²) in [7, 11) is 0. The van der Waals surface area contributed by atoms with Gasteiger partial charge >= 0.3 is 0 Å². The van der Waals surface area contributed by atoms with Crippen molar-refractivity contribution in [3.63, 3.8) is 0 Å². The largest absolute Gasteiger partial charge is 0.464 e. The SMILES string of the molecule is C[C@]12C=CC(=O)C=C1CC[C@@H]1[C@@H]2[C@@H](O)C[C@@]2(C)[C@H]1C[C@H]1OC(c3ccco3)O[C@]12C(=O)SCF.